The van der Waals surface area contributed by atoms with Crippen LogP contribution in [0.3, 0.4) is 0 Å². The molecule has 2 nitrogen and oxygen atoms in total. The predicted octanol–water partition coefficient (Wildman–Crippen LogP) is 0.878. The fourth-order valence-electron chi connectivity index (χ4n) is 1.27. The molecule has 2 rings (SSSR count). The minimum Gasteiger partial charge on any atom is -0.450 e. The van der Waals surface area contributed by atoms with E-state index in [2.05, 4.69) is 6.92 Å². The highest BCUT2D eigenvalue weighted by Gasteiger charge is 2.70. The number of hydrogen-bond donors (Lipinski definition) is 0. The van der Waals surface area contributed by atoms with Crippen LogP contribution in [-0.4, -0.2) is 11.6 Å². The van der Waals surface area contributed by atoms with E-state index in [4.69, 9.17) is 4.74 Å². The van der Waals surface area contributed by atoms with Gasteiger partial charge in [0.25, 0.3) is 0 Å². The van der Waals surface area contributed by atoms with E-state index in [0.29, 0.717) is 5.92 Å². The highest BCUT2D eigenvalue weighted by Crippen LogP contribution is 2.66. The van der Waals surface area contributed by atoms with Crippen LogP contribution in [-0.2, 0) is 9.53 Å². The molecule has 2 aliphatic carbocycles. The third-order valence-electron chi connectivity index (χ3n) is 2.08. The molecule has 0 heterocycles. The van der Waals surface area contributed by atoms with Crippen LogP contribution in [0.5, 0.6) is 0 Å². The van der Waals surface area contributed by atoms with Crippen LogP contribution >= 0.6 is 0 Å². The van der Waals surface area contributed by atoms with E-state index < -0.39 is 0 Å². The lowest BCUT2D eigenvalue weighted by Crippen LogP contribution is -2.11. The first-order valence-electron chi connectivity index (χ1n) is 3.09. The molecule has 0 aromatic rings. The van der Waals surface area contributed by atoms with E-state index in [1.165, 1.54) is 12.5 Å². The van der Waals surface area contributed by atoms with Gasteiger partial charge in [-0.2, -0.15) is 0 Å². The number of carbonyl (C=O) groups is 1. The predicted molar refractivity (Wildman–Crippen MR) is 31.7 cm³/mol. The average Bonchev–Trinajstić information content (AvgIpc) is 2.53. The molecule has 2 heteroatoms. The summed E-state index contributed by atoms with van der Waals surface area (Å²) in [6.45, 7) is 3.52. The van der Waals surface area contributed by atoms with Gasteiger partial charge in [-0.05, 0) is 11.6 Å². The number of carbonyl (C=O) groups excluding carboxylic acids is 1. The fourth-order valence-corrected chi connectivity index (χ4v) is 1.27. The molecule has 9 heavy (non-hydrogen) atoms. The molecular formula is C7H8O2. The van der Waals surface area contributed by atoms with Gasteiger partial charge in [-0.15, -0.1) is 0 Å². The Kier molecular flexibility index (Phi) is 0.592. The Morgan fingerprint density at radius 2 is 2.44 bits per heavy atom. The number of ether oxygens (including phenoxy) is 1. The molecule has 0 saturated heterocycles. The highest BCUT2D eigenvalue weighted by atomic mass is 16.6. The summed E-state index contributed by atoms with van der Waals surface area (Å²) >= 11 is 0. The molecule has 2 atom stereocenters. The molecule has 48 valence electrons. The van der Waals surface area contributed by atoms with Crippen molar-refractivity contribution >= 4 is 5.97 Å². The summed E-state index contributed by atoms with van der Waals surface area (Å²) in [6.07, 6.45) is 2.00. The van der Waals surface area contributed by atoms with E-state index in [1.807, 2.05) is 6.08 Å². The first kappa shape index (κ1) is 5.03. The van der Waals surface area contributed by atoms with Crippen LogP contribution < -0.4 is 0 Å². The van der Waals surface area contributed by atoms with Gasteiger partial charge in [-0.1, -0.05) is 6.92 Å². The van der Waals surface area contributed by atoms with E-state index in [9.17, 15) is 4.79 Å². The maximum Gasteiger partial charge on any atom is 0.303 e. The van der Waals surface area contributed by atoms with Crippen LogP contribution in [0.4, 0.5) is 0 Å². The summed E-state index contributed by atoms with van der Waals surface area (Å²) in [5.41, 5.74) is 1.14. The molecule has 0 spiro atoms. The summed E-state index contributed by atoms with van der Waals surface area (Å²) in [4.78, 5) is 10.4. The molecule has 0 aromatic carbocycles. The standard InChI is InChI=1S/C7H8O2/c1-4-6-3-7(4,6)9-5(2)8/h3-4H,1-2H3. The van der Waals surface area contributed by atoms with E-state index >= 15 is 0 Å². The maximum atomic E-state index is 10.4. The van der Waals surface area contributed by atoms with Gasteiger partial charge in [0, 0.05) is 12.8 Å². The van der Waals surface area contributed by atoms with Gasteiger partial charge in [-0.3, -0.25) is 4.79 Å². The Bertz CT molecular complexity index is 217. The minimum atomic E-state index is -0.175. The molecule has 0 radical (unpaired) electrons. The van der Waals surface area contributed by atoms with Crippen molar-refractivity contribution < 1.29 is 9.53 Å². The van der Waals surface area contributed by atoms with Crippen molar-refractivity contribution in [1.29, 1.82) is 0 Å². The van der Waals surface area contributed by atoms with Crippen LogP contribution in [0, 0.1) is 5.92 Å². The molecule has 1 saturated carbocycles. The molecular weight excluding hydrogens is 116 g/mol. The normalized spacial score (nSPS) is 42.9. The van der Waals surface area contributed by atoms with Crippen molar-refractivity contribution in [3.63, 3.8) is 0 Å². The third-order valence-corrected chi connectivity index (χ3v) is 2.08. The smallest absolute Gasteiger partial charge is 0.303 e. The molecule has 0 aromatic heterocycles. The molecule has 1 fully saturated rings. The lowest BCUT2D eigenvalue weighted by molar-refractivity contribution is -0.144. The zero-order valence-electron chi connectivity index (χ0n) is 5.47. The second-order valence-electron chi connectivity index (χ2n) is 2.71. The van der Waals surface area contributed by atoms with Crippen LogP contribution in [0.25, 0.3) is 0 Å². The van der Waals surface area contributed by atoms with Crippen LogP contribution in [0.2, 0.25) is 0 Å². The van der Waals surface area contributed by atoms with Gasteiger partial charge in [0.05, 0.1) is 0 Å². The van der Waals surface area contributed by atoms with Crippen LogP contribution in [0.1, 0.15) is 13.8 Å². The molecule has 0 bridgehead atoms. The summed E-state index contributed by atoms with van der Waals surface area (Å²) in [5.74, 6) is 0.340. The van der Waals surface area contributed by atoms with E-state index in [-0.39, 0.29) is 11.6 Å². The van der Waals surface area contributed by atoms with Crippen molar-refractivity contribution in [1.82, 2.24) is 0 Å². The Balaban J connectivity index is 1.99. The molecule has 0 N–H and O–H groups in total. The molecule has 2 unspecified atom stereocenters. The number of fused-ring (bicyclic) bond motifs is 1. The second kappa shape index (κ2) is 1.06. The zero-order valence-corrected chi connectivity index (χ0v) is 5.47. The summed E-state index contributed by atoms with van der Waals surface area (Å²) in [6, 6.07) is 0. The van der Waals surface area contributed by atoms with Crippen molar-refractivity contribution in [2.75, 3.05) is 0 Å². The Labute approximate surface area is 53.5 Å². The quantitative estimate of drug-likeness (QED) is 0.383. The lowest BCUT2D eigenvalue weighted by atomic mass is 10.3. The SMILES string of the molecule is CC(=O)OC12C=C1C2C. The van der Waals surface area contributed by atoms with Crippen molar-refractivity contribution in [2.45, 2.75) is 19.4 Å². The van der Waals surface area contributed by atoms with Crippen molar-refractivity contribution in [2.24, 2.45) is 5.92 Å². The molecule has 0 aliphatic heterocycles. The second-order valence-corrected chi connectivity index (χ2v) is 2.71. The van der Waals surface area contributed by atoms with Gasteiger partial charge in [-0.25, -0.2) is 0 Å². The average molecular weight is 124 g/mol. The monoisotopic (exact) mass is 124 g/mol. The third kappa shape index (κ3) is 0.435. The van der Waals surface area contributed by atoms with Gasteiger partial charge in [0.1, 0.15) is 0 Å². The number of hydrogen-bond acceptors (Lipinski definition) is 2. The topological polar surface area (TPSA) is 26.3 Å². The molecule has 0 amide bonds. The van der Waals surface area contributed by atoms with E-state index in [0.717, 1.165) is 0 Å². The Hall–Kier alpha value is -0.790. The van der Waals surface area contributed by atoms with Gasteiger partial charge in [0.2, 0.25) is 0 Å². The summed E-state index contributed by atoms with van der Waals surface area (Å²) in [5, 5.41) is 0. The summed E-state index contributed by atoms with van der Waals surface area (Å²) in [7, 11) is 0. The first-order valence-corrected chi connectivity index (χ1v) is 3.09. The fraction of sp³-hybridized carbons (Fsp3) is 0.571. The van der Waals surface area contributed by atoms with Gasteiger partial charge in [0.15, 0.2) is 5.60 Å². The lowest BCUT2D eigenvalue weighted by Gasteiger charge is -2.03. The number of rotatable bonds is 1. The zero-order chi connectivity index (χ0) is 6.65. The van der Waals surface area contributed by atoms with E-state index in [1.54, 1.807) is 0 Å². The van der Waals surface area contributed by atoms with Gasteiger partial charge >= 0.3 is 5.97 Å². The maximum absolute atomic E-state index is 10.4. The van der Waals surface area contributed by atoms with Crippen molar-refractivity contribution in [3.05, 3.63) is 11.6 Å². The largest absolute Gasteiger partial charge is 0.450 e. The van der Waals surface area contributed by atoms with Crippen molar-refractivity contribution in [3.8, 4) is 0 Å². The Morgan fingerprint density at radius 1 is 1.89 bits per heavy atom. The first-order chi connectivity index (χ1) is 4.17. The van der Waals surface area contributed by atoms with Crippen LogP contribution in [0.15, 0.2) is 11.6 Å². The highest BCUT2D eigenvalue weighted by molar-refractivity contribution is 5.74. The van der Waals surface area contributed by atoms with Gasteiger partial charge < -0.3 is 4.74 Å². The summed E-state index contributed by atoms with van der Waals surface area (Å²) < 4.78 is 5.00. The number of esters is 1. The minimum absolute atomic E-state index is 0.161. The molecule has 2 aliphatic rings. The Morgan fingerprint density at radius 3 is 2.56 bits per heavy atom.